The Labute approximate surface area is 109 Å². The number of benzene rings is 1. The Morgan fingerprint density at radius 1 is 1.28 bits per heavy atom. The van der Waals surface area contributed by atoms with Gasteiger partial charge in [-0.25, -0.2) is 0 Å². The summed E-state index contributed by atoms with van der Waals surface area (Å²) in [6.45, 7) is 2.54. The molecule has 0 aliphatic carbocycles. The maximum absolute atomic E-state index is 11.9. The summed E-state index contributed by atoms with van der Waals surface area (Å²) in [5.41, 5.74) is 0.527. The Balaban J connectivity index is 2.69. The van der Waals surface area contributed by atoms with Gasteiger partial charge >= 0.3 is 10.2 Å². The van der Waals surface area contributed by atoms with E-state index in [4.69, 9.17) is 4.74 Å². The first-order valence-electron chi connectivity index (χ1n) is 5.87. The molecule has 1 N–H and O–H groups in total. The van der Waals surface area contributed by atoms with Crippen LogP contribution in [0.3, 0.4) is 0 Å². The standard InChI is InChI=1S/C12H20N2O3S/c1-4-5-10-14(2)18(15,16)13-11-6-8-12(17-3)9-7-11/h6-9,13H,4-5,10H2,1-3H3. The third-order valence-corrected chi connectivity index (χ3v) is 4.07. The van der Waals surface area contributed by atoms with Crippen LogP contribution in [0, 0.1) is 0 Å². The second kappa shape index (κ2) is 6.61. The molecule has 0 saturated carbocycles. The summed E-state index contributed by atoms with van der Waals surface area (Å²) in [7, 11) is -0.325. The van der Waals surface area contributed by atoms with E-state index < -0.39 is 10.2 Å². The van der Waals surface area contributed by atoms with Gasteiger partial charge in [-0.2, -0.15) is 12.7 Å². The molecule has 0 heterocycles. The molecule has 102 valence electrons. The number of unbranched alkanes of at least 4 members (excludes halogenated alkanes) is 1. The topological polar surface area (TPSA) is 58.6 Å². The lowest BCUT2D eigenvalue weighted by Crippen LogP contribution is -2.33. The highest BCUT2D eigenvalue weighted by atomic mass is 32.2. The van der Waals surface area contributed by atoms with Crippen LogP contribution in [0.2, 0.25) is 0 Å². The molecule has 0 bridgehead atoms. The van der Waals surface area contributed by atoms with Gasteiger partial charge in [0.15, 0.2) is 0 Å². The molecule has 0 atom stereocenters. The maximum atomic E-state index is 11.9. The molecule has 0 aliphatic heterocycles. The molecule has 0 amide bonds. The number of nitrogens with zero attached hydrogens (tertiary/aromatic N) is 1. The van der Waals surface area contributed by atoms with Gasteiger partial charge in [-0.15, -0.1) is 0 Å². The van der Waals surface area contributed by atoms with E-state index in [0.29, 0.717) is 18.0 Å². The molecule has 0 aromatic heterocycles. The van der Waals surface area contributed by atoms with Gasteiger partial charge in [-0.05, 0) is 30.7 Å². The largest absolute Gasteiger partial charge is 0.497 e. The number of methoxy groups -OCH3 is 1. The zero-order valence-corrected chi connectivity index (χ0v) is 11.8. The summed E-state index contributed by atoms with van der Waals surface area (Å²) in [6.07, 6.45) is 1.81. The molecule has 0 fully saturated rings. The SMILES string of the molecule is CCCCN(C)S(=O)(=O)Nc1ccc(OC)cc1. The molecule has 6 heteroatoms. The molecule has 0 aliphatic rings. The van der Waals surface area contributed by atoms with Crippen molar-refractivity contribution in [2.24, 2.45) is 0 Å². The predicted molar refractivity (Wildman–Crippen MR) is 73.1 cm³/mol. The zero-order valence-electron chi connectivity index (χ0n) is 11.0. The van der Waals surface area contributed by atoms with Crippen LogP contribution in [0.15, 0.2) is 24.3 Å². The van der Waals surface area contributed by atoms with Gasteiger partial charge in [-0.3, -0.25) is 4.72 Å². The van der Waals surface area contributed by atoms with Gasteiger partial charge in [0, 0.05) is 13.6 Å². The smallest absolute Gasteiger partial charge is 0.301 e. The highest BCUT2D eigenvalue weighted by Gasteiger charge is 2.16. The fourth-order valence-corrected chi connectivity index (χ4v) is 2.35. The van der Waals surface area contributed by atoms with Crippen LogP contribution in [-0.2, 0) is 10.2 Å². The highest BCUT2D eigenvalue weighted by molar-refractivity contribution is 7.90. The van der Waals surface area contributed by atoms with Crippen molar-refractivity contribution < 1.29 is 13.2 Å². The number of hydrogen-bond donors (Lipinski definition) is 1. The minimum Gasteiger partial charge on any atom is -0.497 e. The molecule has 0 radical (unpaired) electrons. The molecule has 18 heavy (non-hydrogen) atoms. The first-order valence-corrected chi connectivity index (χ1v) is 7.31. The molecule has 0 unspecified atom stereocenters. The van der Waals surface area contributed by atoms with Crippen molar-refractivity contribution in [3.8, 4) is 5.75 Å². The summed E-state index contributed by atoms with van der Waals surface area (Å²) >= 11 is 0. The van der Waals surface area contributed by atoms with Gasteiger partial charge in [0.2, 0.25) is 0 Å². The maximum Gasteiger partial charge on any atom is 0.301 e. The Morgan fingerprint density at radius 2 is 1.89 bits per heavy atom. The monoisotopic (exact) mass is 272 g/mol. The molecular weight excluding hydrogens is 252 g/mol. The van der Waals surface area contributed by atoms with E-state index in [2.05, 4.69) is 4.72 Å². The molecule has 1 aromatic rings. The average Bonchev–Trinajstić information content (AvgIpc) is 2.36. The van der Waals surface area contributed by atoms with Crippen LogP contribution < -0.4 is 9.46 Å². The van der Waals surface area contributed by atoms with Crippen molar-refractivity contribution in [2.45, 2.75) is 19.8 Å². The van der Waals surface area contributed by atoms with E-state index in [1.807, 2.05) is 6.92 Å². The number of anilines is 1. The molecule has 0 saturated heterocycles. The fourth-order valence-electron chi connectivity index (χ4n) is 1.39. The third-order valence-electron chi connectivity index (χ3n) is 2.57. The van der Waals surface area contributed by atoms with Crippen LogP contribution in [0.1, 0.15) is 19.8 Å². The lowest BCUT2D eigenvalue weighted by atomic mass is 10.3. The lowest BCUT2D eigenvalue weighted by molar-refractivity contribution is 0.415. The second-order valence-corrected chi connectivity index (χ2v) is 5.79. The summed E-state index contributed by atoms with van der Waals surface area (Å²) in [5.74, 6) is 0.692. The summed E-state index contributed by atoms with van der Waals surface area (Å²) in [4.78, 5) is 0. The molecule has 5 nitrogen and oxygen atoms in total. The summed E-state index contributed by atoms with van der Waals surface area (Å²) in [6, 6.07) is 6.77. The van der Waals surface area contributed by atoms with Crippen LogP contribution in [0.4, 0.5) is 5.69 Å². The van der Waals surface area contributed by atoms with E-state index >= 15 is 0 Å². The second-order valence-electron chi connectivity index (χ2n) is 4.01. The number of hydrogen-bond acceptors (Lipinski definition) is 3. The highest BCUT2D eigenvalue weighted by Crippen LogP contribution is 2.16. The summed E-state index contributed by atoms with van der Waals surface area (Å²) in [5, 5.41) is 0. The van der Waals surface area contributed by atoms with Gasteiger partial charge in [0.25, 0.3) is 0 Å². The number of ether oxygens (including phenoxy) is 1. The van der Waals surface area contributed by atoms with E-state index in [1.165, 1.54) is 4.31 Å². The minimum absolute atomic E-state index is 0.516. The normalized spacial score (nSPS) is 11.6. The molecule has 1 aromatic carbocycles. The van der Waals surface area contributed by atoms with Gasteiger partial charge in [0.05, 0.1) is 12.8 Å². The molecule has 1 rings (SSSR count). The van der Waals surface area contributed by atoms with Crippen molar-refractivity contribution >= 4 is 15.9 Å². The van der Waals surface area contributed by atoms with Crippen molar-refractivity contribution in [2.75, 3.05) is 25.4 Å². The van der Waals surface area contributed by atoms with Crippen molar-refractivity contribution in [1.82, 2.24) is 4.31 Å². The molecular formula is C12H20N2O3S. The van der Waals surface area contributed by atoms with Crippen molar-refractivity contribution in [3.05, 3.63) is 24.3 Å². The minimum atomic E-state index is -3.46. The van der Waals surface area contributed by atoms with Gasteiger partial charge < -0.3 is 4.74 Å². The Morgan fingerprint density at radius 3 is 2.39 bits per heavy atom. The zero-order chi connectivity index (χ0) is 13.6. The van der Waals surface area contributed by atoms with Crippen LogP contribution >= 0.6 is 0 Å². The van der Waals surface area contributed by atoms with Crippen molar-refractivity contribution in [1.29, 1.82) is 0 Å². The quantitative estimate of drug-likeness (QED) is 0.826. The van der Waals surface area contributed by atoms with E-state index in [-0.39, 0.29) is 0 Å². The number of rotatable bonds is 7. The van der Waals surface area contributed by atoms with Gasteiger partial charge in [-0.1, -0.05) is 13.3 Å². The summed E-state index contributed by atoms with van der Waals surface area (Å²) < 4.78 is 32.7. The third kappa shape index (κ3) is 4.19. The molecule has 0 spiro atoms. The number of nitrogens with one attached hydrogen (secondary N) is 1. The Bertz CT molecular complexity index is 457. The average molecular weight is 272 g/mol. The van der Waals surface area contributed by atoms with Gasteiger partial charge in [0.1, 0.15) is 5.75 Å². The first kappa shape index (κ1) is 14.8. The van der Waals surface area contributed by atoms with Crippen LogP contribution in [0.5, 0.6) is 5.75 Å². The van der Waals surface area contributed by atoms with Crippen LogP contribution in [-0.4, -0.2) is 33.4 Å². The van der Waals surface area contributed by atoms with Crippen LogP contribution in [0.25, 0.3) is 0 Å². The fraction of sp³-hybridized carbons (Fsp3) is 0.500. The van der Waals surface area contributed by atoms with E-state index in [9.17, 15) is 8.42 Å². The van der Waals surface area contributed by atoms with Crippen molar-refractivity contribution in [3.63, 3.8) is 0 Å². The first-order chi connectivity index (χ1) is 8.49. The predicted octanol–water partition coefficient (Wildman–Crippen LogP) is 2.08. The lowest BCUT2D eigenvalue weighted by Gasteiger charge is -2.18. The van der Waals surface area contributed by atoms with E-state index in [0.717, 1.165) is 12.8 Å². The Kier molecular flexibility index (Phi) is 5.43. The Hall–Kier alpha value is -1.27. The van der Waals surface area contributed by atoms with E-state index in [1.54, 1.807) is 38.4 Å².